The fourth-order valence-electron chi connectivity index (χ4n) is 13.7. The number of esters is 4. The van der Waals surface area contributed by atoms with Gasteiger partial charge in [0.15, 0.2) is 41.3 Å². The highest BCUT2D eigenvalue weighted by molar-refractivity contribution is 7.48. The van der Waals surface area contributed by atoms with E-state index in [0.29, 0.717) is 0 Å². The number of Topliss-reactive ketones (excluding diaryl/α,β-unsaturated/α-hetero) is 1. The molecule has 3 aliphatic carbocycles. The minimum Gasteiger partial charge on any atom is -0.456 e. The number of aliphatic hydroxyl groups is 2. The van der Waals surface area contributed by atoms with Gasteiger partial charge in [0, 0.05) is 29.7 Å². The van der Waals surface area contributed by atoms with Gasteiger partial charge in [-0.2, -0.15) is 0 Å². The first-order chi connectivity index (χ1) is 41.6. The van der Waals surface area contributed by atoms with Gasteiger partial charge in [-0.05, 0) is 72.9 Å². The minimum absolute atomic E-state index is 0.0128. The molecule has 2 saturated carbocycles. The van der Waals surface area contributed by atoms with Crippen molar-refractivity contribution < 1.29 is 85.5 Å². The number of ether oxygens (including phenoxy) is 6. The number of rotatable bonds is 14. The first kappa shape index (κ1) is 59.3. The Labute approximate surface area is 498 Å². The fraction of sp³-hybridized carbons (Fsp3) is 0.403. The maximum absolute atomic E-state index is 16.3. The Morgan fingerprint density at radius 2 is 1.46 bits per heavy atom. The zero-order chi connectivity index (χ0) is 61.4. The highest BCUT2D eigenvalue weighted by Gasteiger charge is 2.76. The molecule has 2 bridgehead atoms. The lowest BCUT2D eigenvalue weighted by Gasteiger charge is -2.66. The number of hydrogen-bond donors (Lipinski definition) is 4. The van der Waals surface area contributed by atoms with Crippen LogP contribution in [-0.2, 0) is 60.9 Å². The number of anilines is 1. The summed E-state index contributed by atoms with van der Waals surface area (Å²) in [7, 11) is -5.12. The van der Waals surface area contributed by atoms with Crippen LogP contribution >= 0.6 is 7.82 Å². The van der Waals surface area contributed by atoms with Gasteiger partial charge in [-0.15, -0.1) is 0 Å². The van der Waals surface area contributed by atoms with Gasteiger partial charge in [0.2, 0.25) is 0 Å². The SMILES string of the molecule is CC(=O)O[C@@]12CO[C@@H]1CC[C@@]1(C)C(=O)[C@H](OC(=O)c3ccccc3)C3=C(C)[C@@H](OC(=O)[C@H](OP4(=O)OC[C@H]5O[C@@H](n6cnc7c(N)ncnc76)[C@H](O)[C@@H]5O4)[C@@H](NC(=O)c4ccccc4)c4ccccc4)C[C@@](O)([C@@H](OC(=O)c4ccccc4)[C@H]21)C3(C)C. The predicted molar refractivity (Wildman–Crippen MR) is 303 cm³/mol. The van der Waals surface area contributed by atoms with Crippen molar-refractivity contribution in [2.24, 2.45) is 16.7 Å². The number of carbonyl (C=O) groups is 6. The van der Waals surface area contributed by atoms with Gasteiger partial charge in [-0.1, -0.05) is 106 Å². The molecule has 1 unspecified atom stereocenters. The molecule has 15 atom stereocenters. The second-order valence-corrected chi connectivity index (χ2v) is 25.0. The van der Waals surface area contributed by atoms with Crippen LogP contribution < -0.4 is 11.1 Å². The number of imidazole rings is 1. The molecule has 25 heteroatoms. The number of phosphoric ester groups is 1. The Morgan fingerprint density at radius 1 is 0.839 bits per heavy atom. The number of aromatic nitrogens is 4. The van der Waals surface area contributed by atoms with Gasteiger partial charge in [0.05, 0.1) is 42.6 Å². The first-order valence-electron chi connectivity index (χ1n) is 28.4. The van der Waals surface area contributed by atoms with E-state index < -0.39 is 145 Å². The lowest BCUT2D eigenvalue weighted by atomic mass is 9.45. The lowest BCUT2D eigenvalue weighted by molar-refractivity contribution is -0.332. The van der Waals surface area contributed by atoms with Crippen molar-refractivity contribution in [3.05, 3.63) is 167 Å². The number of nitrogen functional groups attached to an aromatic ring is 1. The van der Waals surface area contributed by atoms with Crippen molar-refractivity contribution in [1.82, 2.24) is 24.8 Å². The molecule has 6 aromatic rings. The van der Waals surface area contributed by atoms with Crippen molar-refractivity contribution in [2.75, 3.05) is 18.9 Å². The Balaban J connectivity index is 0.985. The van der Waals surface area contributed by atoms with Crippen LogP contribution in [0.2, 0.25) is 0 Å². The second kappa shape index (κ2) is 22.6. The van der Waals surface area contributed by atoms with Gasteiger partial charge in [-0.3, -0.25) is 32.5 Å². The Morgan fingerprint density at radius 3 is 2.08 bits per heavy atom. The summed E-state index contributed by atoms with van der Waals surface area (Å²) in [6.07, 6.45) is -11.7. The molecule has 87 heavy (non-hydrogen) atoms. The third-order valence-corrected chi connectivity index (χ3v) is 19.6. The first-order valence-corrected chi connectivity index (χ1v) is 29.8. The maximum Gasteiger partial charge on any atom is 0.476 e. The van der Waals surface area contributed by atoms with Crippen LogP contribution in [0.5, 0.6) is 0 Å². The smallest absolute Gasteiger partial charge is 0.456 e. The molecule has 5 heterocycles. The van der Waals surface area contributed by atoms with Gasteiger partial charge < -0.3 is 49.7 Å². The van der Waals surface area contributed by atoms with Crippen molar-refractivity contribution >= 4 is 60.4 Å². The third kappa shape index (κ3) is 10.2. The number of nitrogens with two attached hydrogens (primary N) is 1. The number of hydrogen-bond acceptors (Lipinski definition) is 22. The summed E-state index contributed by atoms with van der Waals surface area (Å²) in [4.78, 5) is 102. The van der Waals surface area contributed by atoms with E-state index in [2.05, 4.69) is 20.3 Å². The zero-order valence-electron chi connectivity index (χ0n) is 47.8. The molecular formula is C62H63N6O18P. The van der Waals surface area contributed by atoms with E-state index in [-0.39, 0.29) is 69.8 Å². The minimum atomic E-state index is -5.12. The van der Waals surface area contributed by atoms with Crippen LogP contribution in [-0.4, -0.2) is 139 Å². The van der Waals surface area contributed by atoms with Crippen molar-refractivity contribution in [2.45, 2.75) is 126 Å². The van der Waals surface area contributed by atoms with E-state index in [9.17, 15) is 29.4 Å². The molecule has 24 nitrogen and oxygen atoms in total. The predicted octanol–water partition coefficient (Wildman–Crippen LogP) is 6.29. The number of nitrogens with zero attached hydrogens (tertiary/aromatic N) is 4. The van der Waals surface area contributed by atoms with E-state index in [1.54, 1.807) is 106 Å². The Kier molecular flexibility index (Phi) is 15.4. The van der Waals surface area contributed by atoms with E-state index in [0.717, 1.165) is 0 Å². The topological polar surface area (TPSA) is 325 Å². The largest absolute Gasteiger partial charge is 0.476 e. The average Bonchev–Trinajstić information content (AvgIpc) is 1.28. The van der Waals surface area contributed by atoms with Crippen LogP contribution in [0.1, 0.15) is 103 Å². The lowest BCUT2D eigenvalue weighted by Crippen LogP contribution is -2.79. The fourth-order valence-corrected chi connectivity index (χ4v) is 15.2. The summed E-state index contributed by atoms with van der Waals surface area (Å²) in [5, 5.41) is 29.1. The normalized spacial score (nSPS) is 32.1. The number of phosphoric acid groups is 1. The number of ketones is 1. The van der Waals surface area contributed by atoms with Crippen LogP contribution in [0.25, 0.3) is 11.2 Å². The van der Waals surface area contributed by atoms with E-state index in [1.165, 1.54) is 67.5 Å². The summed E-state index contributed by atoms with van der Waals surface area (Å²) in [5.74, 6) is -6.76. The number of carbonyl (C=O) groups excluding carboxylic acids is 6. The van der Waals surface area contributed by atoms with Gasteiger partial charge in [0.25, 0.3) is 5.91 Å². The van der Waals surface area contributed by atoms with Crippen molar-refractivity contribution in [3.8, 4) is 0 Å². The molecular weight excluding hydrogens is 1150 g/mol. The number of fused-ring (bicyclic) bond motifs is 7. The number of benzene rings is 4. The average molecular weight is 1210 g/mol. The number of amides is 1. The Hall–Kier alpha value is -8.06. The van der Waals surface area contributed by atoms with E-state index in [4.69, 9.17) is 47.7 Å². The summed E-state index contributed by atoms with van der Waals surface area (Å²) in [6.45, 7) is 6.68. The molecule has 0 spiro atoms. The molecule has 4 aromatic carbocycles. The summed E-state index contributed by atoms with van der Waals surface area (Å²) < 4.78 is 73.3. The molecule has 0 radical (unpaired) electrons. The molecule has 5 fully saturated rings. The van der Waals surface area contributed by atoms with Gasteiger partial charge in [0.1, 0.15) is 54.1 Å². The molecule has 3 saturated heterocycles. The van der Waals surface area contributed by atoms with Crippen LogP contribution in [0, 0.1) is 16.7 Å². The van der Waals surface area contributed by atoms with Crippen LogP contribution in [0.15, 0.2) is 145 Å². The quantitative estimate of drug-likeness (QED) is 0.0403. The highest BCUT2D eigenvalue weighted by atomic mass is 31.2. The van der Waals surface area contributed by atoms with E-state index >= 15 is 14.2 Å². The molecule has 1 amide bonds. The molecule has 454 valence electrons. The third-order valence-electron chi connectivity index (χ3n) is 18.1. The second-order valence-electron chi connectivity index (χ2n) is 23.5. The van der Waals surface area contributed by atoms with E-state index in [1.807, 2.05) is 0 Å². The monoisotopic (exact) mass is 1210 g/mol. The summed E-state index contributed by atoms with van der Waals surface area (Å²) in [6, 6.07) is 30.3. The van der Waals surface area contributed by atoms with Crippen LogP contribution in [0.3, 0.4) is 0 Å². The number of aliphatic hydroxyl groups excluding tert-OH is 1. The highest BCUT2D eigenvalue weighted by Crippen LogP contribution is 2.65. The summed E-state index contributed by atoms with van der Waals surface area (Å²) in [5.41, 5.74) is -0.643. The molecule has 5 N–H and O–H groups in total. The maximum atomic E-state index is 16.3. The zero-order valence-corrected chi connectivity index (χ0v) is 48.7. The van der Waals surface area contributed by atoms with Crippen molar-refractivity contribution in [1.29, 1.82) is 0 Å². The number of nitrogens with one attached hydrogen (secondary N) is 1. The Bertz CT molecular complexity index is 3760. The molecule has 12 rings (SSSR count). The molecule has 2 aromatic heterocycles. The van der Waals surface area contributed by atoms with Gasteiger partial charge >= 0.3 is 31.7 Å². The van der Waals surface area contributed by atoms with Crippen LogP contribution in [0.4, 0.5) is 5.82 Å². The van der Waals surface area contributed by atoms with Gasteiger partial charge in [-0.25, -0.2) is 33.9 Å². The molecule has 6 aliphatic rings. The molecule has 3 aliphatic heterocycles. The standard InChI is InChI=1S/C62H63N6O18P/c1-33-39(28-62(76)51(83-57(74)38-24-16-9-17-25-38)49-60(5,27-26-41-61(49,30-78-41)84-34(2)69)50(71)47(42(33)59(62,3)4)82-56(73)37-22-14-8-15-23-37)81-58(75)48(43(35-18-10-6-11-19-35)67-54(72)36-20-12-7-13-21-36)86-87(77)79-29-40-46(85-87)45(70)55(80-40)68-32-66-44-52(63)64-31-65-53(44)68/h6-25,31-32,39-41,43,45-49,51,55,70,76H,26-30H2,1-5H3,(H,67,72)(H2,63,64,65)/t39-,40+,41+,43-,45+,46+,47+,48+,49-,51-,55+,60+,61-,62+,87?/m0/s1. The van der Waals surface area contributed by atoms with Crippen molar-refractivity contribution in [3.63, 3.8) is 0 Å². The summed E-state index contributed by atoms with van der Waals surface area (Å²) >= 11 is 0.